The summed E-state index contributed by atoms with van der Waals surface area (Å²) in [6.07, 6.45) is 1.71. The van der Waals surface area contributed by atoms with Crippen LogP contribution in [0.15, 0.2) is 60.3 Å². The lowest BCUT2D eigenvalue weighted by Gasteiger charge is -2.26. The minimum atomic E-state index is -0.709. The number of fused-ring (bicyclic) bond motifs is 1. The maximum Gasteiger partial charge on any atom is 0.338 e. The number of hydrogen-bond donors (Lipinski definition) is 0. The Hall–Kier alpha value is -3.15. The number of anilines is 1. The third-order valence-electron chi connectivity index (χ3n) is 6.19. The summed E-state index contributed by atoms with van der Waals surface area (Å²) in [4.78, 5) is 34.0. The van der Waals surface area contributed by atoms with Gasteiger partial charge in [-0.25, -0.2) is 9.79 Å². The molecule has 194 valence electrons. The topological polar surface area (TPSA) is 95.5 Å². The lowest BCUT2D eigenvalue weighted by molar-refractivity contribution is -0.139. The number of carbonyl (C=O) groups is 1. The molecule has 1 fully saturated rings. The first-order valence-corrected chi connectivity index (χ1v) is 13.5. The van der Waals surface area contributed by atoms with Crippen LogP contribution in [-0.2, 0) is 14.3 Å². The predicted octanol–water partition coefficient (Wildman–Crippen LogP) is 3.00. The van der Waals surface area contributed by atoms with Crippen molar-refractivity contribution in [2.75, 3.05) is 44.9 Å². The van der Waals surface area contributed by atoms with Crippen LogP contribution in [0.5, 0.6) is 5.75 Å². The Morgan fingerprint density at radius 2 is 2.08 bits per heavy atom. The molecule has 11 heteroatoms. The Morgan fingerprint density at radius 1 is 1.30 bits per heavy atom. The first-order chi connectivity index (χ1) is 17.9. The molecule has 0 bridgehead atoms. The summed E-state index contributed by atoms with van der Waals surface area (Å²) in [5, 5.41) is 0. The van der Waals surface area contributed by atoms with E-state index in [1.165, 1.54) is 11.3 Å². The normalized spacial score (nSPS) is 18.0. The molecule has 2 aromatic heterocycles. The van der Waals surface area contributed by atoms with Crippen LogP contribution in [0.4, 0.5) is 5.88 Å². The number of rotatable bonds is 6. The highest BCUT2D eigenvalue weighted by molar-refractivity contribution is 9.10. The molecular weight excluding hydrogens is 562 g/mol. The summed E-state index contributed by atoms with van der Waals surface area (Å²) in [5.74, 6) is 1.36. The number of carbonyl (C=O) groups excluding carboxylic acids is 1. The highest BCUT2D eigenvalue weighted by Gasteiger charge is 2.33. The summed E-state index contributed by atoms with van der Waals surface area (Å²) < 4.78 is 25.1. The van der Waals surface area contributed by atoms with Gasteiger partial charge in [0.15, 0.2) is 4.80 Å². The minimum absolute atomic E-state index is 0.212. The predicted molar refractivity (Wildman–Crippen MR) is 143 cm³/mol. The van der Waals surface area contributed by atoms with E-state index in [-0.39, 0.29) is 12.2 Å². The average molecular weight is 588 g/mol. The van der Waals surface area contributed by atoms with E-state index in [4.69, 9.17) is 18.6 Å². The largest absolute Gasteiger partial charge is 0.497 e. The fourth-order valence-electron chi connectivity index (χ4n) is 4.48. The zero-order valence-electron chi connectivity index (χ0n) is 20.7. The Kier molecular flexibility index (Phi) is 7.36. The fourth-order valence-corrected chi connectivity index (χ4v) is 6.06. The number of halogens is 1. The zero-order chi connectivity index (χ0) is 26.1. The van der Waals surface area contributed by atoms with E-state index in [1.807, 2.05) is 30.3 Å². The van der Waals surface area contributed by atoms with E-state index in [0.29, 0.717) is 51.2 Å². The molecule has 9 nitrogen and oxygen atoms in total. The molecule has 0 N–H and O–H groups in total. The molecule has 0 unspecified atom stereocenters. The number of allylic oxidation sites excluding steroid dienone is 1. The lowest BCUT2D eigenvalue weighted by Crippen LogP contribution is -2.39. The van der Waals surface area contributed by atoms with Crippen molar-refractivity contribution in [2.45, 2.75) is 19.9 Å². The van der Waals surface area contributed by atoms with Crippen LogP contribution < -0.4 is 24.5 Å². The van der Waals surface area contributed by atoms with Crippen LogP contribution >= 0.6 is 27.3 Å². The Balaban J connectivity index is 1.64. The second-order valence-corrected chi connectivity index (χ2v) is 10.3. The van der Waals surface area contributed by atoms with Crippen molar-refractivity contribution in [3.63, 3.8) is 0 Å². The molecule has 0 amide bonds. The van der Waals surface area contributed by atoms with Gasteiger partial charge < -0.3 is 23.5 Å². The summed E-state index contributed by atoms with van der Waals surface area (Å²) in [6, 6.07) is 8.46. The van der Waals surface area contributed by atoms with Crippen molar-refractivity contribution in [1.82, 2.24) is 4.57 Å². The van der Waals surface area contributed by atoms with E-state index in [9.17, 15) is 9.59 Å². The van der Waals surface area contributed by atoms with Crippen molar-refractivity contribution >= 4 is 45.2 Å². The second kappa shape index (κ2) is 10.7. The molecule has 3 aromatic rings. The highest BCUT2D eigenvalue weighted by Crippen LogP contribution is 2.33. The molecule has 0 saturated carbocycles. The quantitative estimate of drug-likeness (QED) is 0.409. The number of furan rings is 1. The van der Waals surface area contributed by atoms with Crippen LogP contribution in [0.1, 0.15) is 31.2 Å². The summed E-state index contributed by atoms with van der Waals surface area (Å²) in [6.45, 7) is 6.43. The first kappa shape index (κ1) is 25.5. The Bertz CT molecular complexity index is 1550. The molecule has 1 aromatic carbocycles. The molecule has 5 rings (SSSR count). The zero-order valence-corrected chi connectivity index (χ0v) is 23.1. The van der Waals surface area contributed by atoms with Gasteiger partial charge in [0.05, 0.1) is 53.2 Å². The number of nitrogens with zero attached hydrogens (tertiary/aromatic N) is 3. The molecule has 1 saturated heterocycles. The smallest absolute Gasteiger partial charge is 0.338 e. The van der Waals surface area contributed by atoms with E-state index >= 15 is 0 Å². The van der Waals surface area contributed by atoms with Gasteiger partial charge in [0.1, 0.15) is 11.5 Å². The van der Waals surface area contributed by atoms with Gasteiger partial charge in [-0.15, -0.1) is 0 Å². The first-order valence-electron chi connectivity index (χ1n) is 11.9. The van der Waals surface area contributed by atoms with Gasteiger partial charge in [0.2, 0.25) is 5.88 Å². The summed E-state index contributed by atoms with van der Waals surface area (Å²) in [5.41, 5.74) is 1.28. The minimum Gasteiger partial charge on any atom is -0.497 e. The third kappa shape index (κ3) is 4.90. The molecule has 0 aliphatic carbocycles. The third-order valence-corrected chi connectivity index (χ3v) is 7.74. The lowest BCUT2D eigenvalue weighted by atomic mass is 9.95. The van der Waals surface area contributed by atoms with E-state index in [1.54, 1.807) is 31.6 Å². The number of esters is 1. The van der Waals surface area contributed by atoms with Crippen molar-refractivity contribution in [3.8, 4) is 5.75 Å². The standard InChI is InChI=1S/C26H26BrN3O6S/c1-4-35-25(32)21-15(2)28-26-30(22(21)16-6-5-7-17(12-16)33-3)23(31)20(37-26)14-18-13-19(27)24(36-18)29-8-10-34-11-9-29/h5-7,12-14,22H,4,8-11H2,1-3H3/b20-14+/t22-/m0/s1. The monoisotopic (exact) mass is 587 g/mol. The van der Waals surface area contributed by atoms with Crippen molar-refractivity contribution in [1.29, 1.82) is 0 Å². The molecule has 1 atom stereocenters. The number of thiazole rings is 1. The van der Waals surface area contributed by atoms with Crippen LogP contribution in [0.2, 0.25) is 0 Å². The van der Waals surface area contributed by atoms with Crippen molar-refractivity contribution in [3.05, 3.63) is 77.1 Å². The number of methoxy groups -OCH3 is 1. The van der Waals surface area contributed by atoms with Gasteiger partial charge in [0.25, 0.3) is 5.56 Å². The molecule has 0 radical (unpaired) electrons. The van der Waals surface area contributed by atoms with Crippen molar-refractivity contribution < 1.29 is 23.4 Å². The number of morpholine rings is 1. The van der Waals surface area contributed by atoms with Gasteiger partial charge in [-0.1, -0.05) is 23.5 Å². The number of aromatic nitrogens is 1. The maximum absolute atomic E-state index is 13.8. The second-order valence-electron chi connectivity index (χ2n) is 8.48. The summed E-state index contributed by atoms with van der Waals surface area (Å²) >= 11 is 4.83. The number of hydrogen-bond acceptors (Lipinski definition) is 9. The maximum atomic E-state index is 13.8. The SMILES string of the molecule is CCOC(=O)C1=C(C)N=c2s/c(=C/c3cc(Br)c(N4CCOCC4)o3)c(=O)n2[C@H]1c1cccc(OC)c1. The molecule has 4 heterocycles. The van der Waals surface area contributed by atoms with Gasteiger partial charge in [-0.3, -0.25) is 9.36 Å². The number of benzene rings is 1. The van der Waals surface area contributed by atoms with Gasteiger partial charge in [0, 0.05) is 25.2 Å². The molecule has 2 aliphatic heterocycles. The number of ether oxygens (including phenoxy) is 3. The van der Waals surface area contributed by atoms with Gasteiger partial charge in [-0.05, 0) is 47.5 Å². The molecule has 2 aliphatic rings. The average Bonchev–Trinajstić information content (AvgIpc) is 3.42. The molecular formula is C26H26BrN3O6S. The van der Waals surface area contributed by atoms with E-state index in [0.717, 1.165) is 23.1 Å². The van der Waals surface area contributed by atoms with Crippen LogP contribution in [-0.4, -0.2) is 50.6 Å². The fraction of sp³-hybridized carbons (Fsp3) is 0.346. The van der Waals surface area contributed by atoms with Crippen LogP contribution in [0.25, 0.3) is 6.08 Å². The van der Waals surface area contributed by atoms with Gasteiger partial charge >= 0.3 is 5.97 Å². The Labute approximate surface area is 225 Å². The van der Waals surface area contributed by atoms with Gasteiger partial charge in [-0.2, -0.15) is 0 Å². The van der Waals surface area contributed by atoms with Crippen LogP contribution in [0, 0.1) is 0 Å². The molecule has 0 spiro atoms. The van der Waals surface area contributed by atoms with E-state index < -0.39 is 12.0 Å². The molecule has 37 heavy (non-hydrogen) atoms. The Morgan fingerprint density at radius 3 is 2.81 bits per heavy atom. The van der Waals surface area contributed by atoms with E-state index in [2.05, 4.69) is 25.8 Å². The van der Waals surface area contributed by atoms with Crippen molar-refractivity contribution in [2.24, 2.45) is 4.99 Å². The van der Waals surface area contributed by atoms with Crippen LogP contribution in [0.3, 0.4) is 0 Å². The highest BCUT2D eigenvalue weighted by atomic mass is 79.9. The summed E-state index contributed by atoms with van der Waals surface area (Å²) in [7, 11) is 1.57.